The molecular formula is C16H23N3O2. The zero-order valence-corrected chi connectivity index (χ0v) is 13.0. The van der Waals surface area contributed by atoms with Gasteiger partial charge in [-0.3, -0.25) is 4.79 Å². The third kappa shape index (κ3) is 6.28. The Balaban J connectivity index is 2.34. The molecule has 0 aliphatic heterocycles. The van der Waals surface area contributed by atoms with Gasteiger partial charge in [-0.15, -0.1) is 0 Å². The quantitative estimate of drug-likeness (QED) is 0.733. The highest BCUT2D eigenvalue weighted by molar-refractivity contribution is 5.76. The fraction of sp³-hybridized carbons (Fsp3) is 0.500. The largest absolute Gasteiger partial charge is 0.497 e. The van der Waals surface area contributed by atoms with E-state index in [1.807, 2.05) is 37.4 Å². The number of carbonyl (C=O) groups excluding carboxylic acids is 1. The Morgan fingerprint density at radius 3 is 2.48 bits per heavy atom. The minimum atomic E-state index is 0.0758. The fourth-order valence-corrected chi connectivity index (χ4v) is 1.94. The minimum absolute atomic E-state index is 0.0758. The van der Waals surface area contributed by atoms with Crippen molar-refractivity contribution in [1.82, 2.24) is 9.80 Å². The first-order valence-electron chi connectivity index (χ1n) is 6.99. The molecule has 0 saturated heterocycles. The van der Waals surface area contributed by atoms with Crippen molar-refractivity contribution >= 4 is 5.91 Å². The van der Waals surface area contributed by atoms with E-state index in [4.69, 9.17) is 10.00 Å². The molecule has 0 aliphatic rings. The van der Waals surface area contributed by atoms with Gasteiger partial charge < -0.3 is 14.5 Å². The molecule has 0 radical (unpaired) electrons. The fourth-order valence-electron chi connectivity index (χ4n) is 1.94. The van der Waals surface area contributed by atoms with Gasteiger partial charge in [0, 0.05) is 33.1 Å². The number of rotatable bonds is 8. The van der Waals surface area contributed by atoms with Gasteiger partial charge in [0.1, 0.15) is 5.75 Å². The van der Waals surface area contributed by atoms with Crippen molar-refractivity contribution in [2.45, 2.75) is 19.4 Å². The summed E-state index contributed by atoms with van der Waals surface area (Å²) >= 11 is 0. The Kier molecular flexibility index (Phi) is 7.27. The van der Waals surface area contributed by atoms with Crippen molar-refractivity contribution in [1.29, 1.82) is 5.26 Å². The SMILES string of the molecule is COc1ccc(CN(C)CCC(=O)N(C)CCC#N)cc1. The lowest BCUT2D eigenvalue weighted by molar-refractivity contribution is -0.130. The number of carbonyl (C=O) groups is 1. The standard InChI is InChI=1S/C16H23N3O2/c1-18(12-9-16(20)19(2)11-4-10-17)13-14-5-7-15(21-3)8-6-14/h5-8H,4,9,11-13H2,1-3H3. The molecule has 0 saturated carbocycles. The molecule has 1 aromatic rings. The topological polar surface area (TPSA) is 56.6 Å². The maximum Gasteiger partial charge on any atom is 0.223 e. The molecule has 0 aromatic heterocycles. The summed E-state index contributed by atoms with van der Waals surface area (Å²) in [4.78, 5) is 15.6. The van der Waals surface area contributed by atoms with E-state index in [1.54, 1.807) is 19.1 Å². The van der Waals surface area contributed by atoms with E-state index < -0.39 is 0 Å². The maximum absolute atomic E-state index is 11.9. The first kappa shape index (κ1) is 17.0. The van der Waals surface area contributed by atoms with Crippen LogP contribution >= 0.6 is 0 Å². The summed E-state index contributed by atoms with van der Waals surface area (Å²) in [7, 11) is 5.38. The van der Waals surface area contributed by atoms with E-state index in [9.17, 15) is 4.79 Å². The summed E-state index contributed by atoms with van der Waals surface area (Å²) in [5.41, 5.74) is 1.18. The molecule has 0 atom stereocenters. The zero-order valence-electron chi connectivity index (χ0n) is 13.0. The van der Waals surface area contributed by atoms with E-state index in [1.165, 1.54) is 5.56 Å². The molecule has 0 heterocycles. The van der Waals surface area contributed by atoms with Crippen LogP contribution in [0.15, 0.2) is 24.3 Å². The number of benzene rings is 1. The van der Waals surface area contributed by atoms with Gasteiger partial charge in [0.25, 0.3) is 0 Å². The van der Waals surface area contributed by atoms with Crippen LogP contribution in [0, 0.1) is 11.3 Å². The second kappa shape index (κ2) is 8.98. The maximum atomic E-state index is 11.9. The molecule has 1 rings (SSSR count). The van der Waals surface area contributed by atoms with Crippen molar-refractivity contribution in [2.75, 3.05) is 34.3 Å². The lowest BCUT2D eigenvalue weighted by atomic mass is 10.2. The highest BCUT2D eigenvalue weighted by atomic mass is 16.5. The van der Waals surface area contributed by atoms with Crippen molar-refractivity contribution in [3.63, 3.8) is 0 Å². The monoisotopic (exact) mass is 289 g/mol. The van der Waals surface area contributed by atoms with Crippen LogP contribution in [-0.2, 0) is 11.3 Å². The Hall–Kier alpha value is -2.06. The first-order valence-corrected chi connectivity index (χ1v) is 6.99. The number of hydrogen-bond donors (Lipinski definition) is 0. The Labute approximate surface area is 126 Å². The van der Waals surface area contributed by atoms with E-state index >= 15 is 0 Å². The van der Waals surface area contributed by atoms with Gasteiger partial charge in [-0.2, -0.15) is 5.26 Å². The number of nitriles is 1. The number of amides is 1. The van der Waals surface area contributed by atoms with Crippen LogP contribution in [0.2, 0.25) is 0 Å². The van der Waals surface area contributed by atoms with Gasteiger partial charge in [-0.1, -0.05) is 12.1 Å². The van der Waals surface area contributed by atoms with Crippen LogP contribution in [0.4, 0.5) is 0 Å². The van der Waals surface area contributed by atoms with Crippen LogP contribution < -0.4 is 4.74 Å². The summed E-state index contributed by atoms with van der Waals surface area (Å²) in [6.07, 6.45) is 0.846. The molecule has 21 heavy (non-hydrogen) atoms. The normalized spacial score (nSPS) is 10.2. The van der Waals surface area contributed by atoms with Crippen LogP contribution in [0.3, 0.4) is 0 Å². The van der Waals surface area contributed by atoms with E-state index in [2.05, 4.69) is 4.90 Å². The minimum Gasteiger partial charge on any atom is -0.497 e. The highest BCUT2D eigenvalue weighted by Gasteiger charge is 2.09. The van der Waals surface area contributed by atoms with Gasteiger partial charge >= 0.3 is 0 Å². The summed E-state index contributed by atoms with van der Waals surface area (Å²) in [5, 5.41) is 8.51. The van der Waals surface area contributed by atoms with Gasteiger partial charge in [0.2, 0.25) is 5.91 Å². The summed E-state index contributed by atoms with van der Waals surface area (Å²) < 4.78 is 5.12. The van der Waals surface area contributed by atoms with Gasteiger partial charge in [-0.25, -0.2) is 0 Å². The molecule has 5 nitrogen and oxygen atoms in total. The van der Waals surface area contributed by atoms with Gasteiger partial charge in [0.15, 0.2) is 0 Å². The number of nitrogens with zero attached hydrogens (tertiary/aromatic N) is 3. The van der Waals surface area contributed by atoms with Gasteiger partial charge in [-0.05, 0) is 24.7 Å². The van der Waals surface area contributed by atoms with Crippen LogP contribution in [0.5, 0.6) is 5.75 Å². The average molecular weight is 289 g/mol. The average Bonchev–Trinajstić information content (AvgIpc) is 2.50. The molecule has 1 amide bonds. The predicted octanol–water partition coefficient (Wildman–Crippen LogP) is 1.89. The van der Waals surface area contributed by atoms with Crippen LogP contribution in [-0.4, -0.2) is 50.0 Å². The van der Waals surface area contributed by atoms with Crippen molar-refractivity contribution in [2.24, 2.45) is 0 Å². The molecule has 0 fully saturated rings. The van der Waals surface area contributed by atoms with Crippen molar-refractivity contribution < 1.29 is 9.53 Å². The lowest BCUT2D eigenvalue weighted by Gasteiger charge is -2.19. The number of hydrogen-bond acceptors (Lipinski definition) is 4. The summed E-state index contributed by atoms with van der Waals surface area (Å²) in [6.45, 7) is 1.98. The number of methoxy groups -OCH3 is 1. The second-order valence-corrected chi connectivity index (χ2v) is 5.06. The molecule has 114 valence electrons. The molecule has 0 unspecified atom stereocenters. The summed E-state index contributed by atoms with van der Waals surface area (Å²) in [5.74, 6) is 0.919. The van der Waals surface area contributed by atoms with Crippen molar-refractivity contribution in [3.05, 3.63) is 29.8 Å². The molecular weight excluding hydrogens is 266 g/mol. The smallest absolute Gasteiger partial charge is 0.223 e. The lowest BCUT2D eigenvalue weighted by Crippen LogP contribution is -2.31. The molecule has 1 aromatic carbocycles. The molecule has 5 heteroatoms. The Morgan fingerprint density at radius 2 is 1.90 bits per heavy atom. The van der Waals surface area contributed by atoms with E-state index in [-0.39, 0.29) is 5.91 Å². The molecule has 0 spiro atoms. The zero-order chi connectivity index (χ0) is 15.7. The Morgan fingerprint density at radius 1 is 1.24 bits per heavy atom. The van der Waals surface area contributed by atoms with Crippen LogP contribution in [0.25, 0.3) is 0 Å². The molecule has 0 bridgehead atoms. The molecule has 0 N–H and O–H groups in total. The summed E-state index contributed by atoms with van der Waals surface area (Å²) in [6, 6.07) is 9.96. The van der Waals surface area contributed by atoms with E-state index in [0.717, 1.165) is 12.3 Å². The van der Waals surface area contributed by atoms with Crippen molar-refractivity contribution in [3.8, 4) is 11.8 Å². The third-order valence-electron chi connectivity index (χ3n) is 3.30. The second-order valence-electron chi connectivity index (χ2n) is 5.06. The Bertz CT molecular complexity index is 479. The third-order valence-corrected chi connectivity index (χ3v) is 3.30. The highest BCUT2D eigenvalue weighted by Crippen LogP contribution is 2.12. The first-order chi connectivity index (χ1) is 10.1. The number of ether oxygens (including phenoxy) is 1. The van der Waals surface area contributed by atoms with Gasteiger partial charge in [0.05, 0.1) is 19.6 Å². The molecule has 0 aliphatic carbocycles. The predicted molar refractivity (Wildman–Crippen MR) is 81.8 cm³/mol. The van der Waals surface area contributed by atoms with E-state index in [0.29, 0.717) is 25.9 Å². The van der Waals surface area contributed by atoms with Crippen LogP contribution in [0.1, 0.15) is 18.4 Å².